The number of rotatable bonds is 9. The Kier molecular flexibility index (Phi) is 7.43. The summed E-state index contributed by atoms with van der Waals surface area (Å²) in [6.45, 7) is 7.91. The van der Waals surface area contributed by atoms with Gasteiger partial charge in [0.05, 0.1) is 6.54 Å². The lowest BCUT2D eigenvalue weighted by molar-refractivity contribution is -0.114. The molecular weight excluding hydrogens is 342 g/mol. The molecule has 0 aromatic heterocycles. The summed E-state index contributed by atoms with van der Waals surface area (Å²) in [6, 6.07) is 14.2. The summed E-state index contributed by atoms with van der Waals surface area (Å²) in [5.74, 6) is 0.313. The van der Waals surface area contributed by atoms with E-state index < -0.39 is 0 Å². The Bertz CT molecular complexity index is 803. The van der Waals surface area contributed by atoms with Gasteiger partial charge in [0.25, 0.3) is 5.91 Å². The average Bonchev–Trinajstić information content (AvgIpc) is 2.65. The number of anilines is 2. The van der Waals surface area contributed by atoms with Crippen molar-refractivity contribution < 1.29 is 14.3 Å². The number of hydrogen-bond donors (Lipinski definition) is 3. The van der Waals surface area contributed by atoms with E-state index in [0.717, 1.165) is 5.69 Å². The summed E-state index contributed by atoms with van der Waals surface area (Å²) in [7, 11) is 0. The maximum atomic E-state index is 12.2. The number of ether oxygens (including phenoxy) is 1. The van der Waals surface area contributed by atoms with Gasteiger partial charge in [-0.3, -0.25) is 9.59 Å². The highest BCUT2D eigenvalue weighted by atomic mass is 16.5. The molecule has 0 saturated carbocycles. The Morgan fingerprint density at radius 1 is 1.11 bits per heavy atom. The van der Waals surface area contributed by atoms with Gasteiger partial charge in [0, 0.05) is 29.0 Å². The fourth-order valence-corrected chi connectivity index (χ4v) is 2.32. The van der Waals surface area contributed by atoms with E-state index in [1.807, 2.05) is 38.1 Å². The zero-order chi connectivity index (χ0) is 19.6. The number of carbonyl (C=O) groups is 2. The van der Waals surface area contributed by atoms with Gasteiger partial charge in [-0.1, -0.05) is 24.8 Å². The first kappa shape index (κ1) is 20.0. The maximum Gasteiger partial charge on any atom is 0.251 e. The Hall–Kier alpha value is -3.28. The van der Waals surface area contributed by atoms with Crippen LogP contribution in [-0.4, -0.2) is 31.0 Å². The van der Waals surface area contributed by atoms with Gasteiger partial charge in [0.2, 0.25) is 5.91 Å². The van der Waals surface area contributed by atoms with Crippen molar-refractivity contribution in [2.75, 3.05) is 23.8 Å². The number of amides is 2. The van der Waals surface area contributed by atoms with Crippen LogP contribution in [-0.2, 0) is 4.79 Å². The summed E-state index contributed by atoms with van der Waals surface area (Å²) in [5.41, 5.74) is 1.85. The van der Waals surface area contributed by atoms with Crippen LogP contribution >= 0.6 is 0 Å². The summed E-state index contributed by atoms with van der Waals surface area (Å²) in [5, 5.41) is 8.66. The van der Waals surface area contributed by atoms with Crippen LogP contribution in [0.25, 0.3) is 0 Å². The lowest BCUT2D eigenvalue weighted by atomic mass is 10.1. The van der Waals surface area contributed by atoms with Gasteiger partial charge in [-0.25, -0.2) is 0 Å². The standard InChI is InChI=1S/C21H25N3O3/c1-4-11-27-19-10-6-8-17(13-19)22-14-20(25)24-18-9-5-7-16(12-18)21(26)23-15(2)3/h4-10,12-13,15,22H,1,11,14H2,2-3H3,(H,23,26)(H,24,25). The van der Waals surface area contributed by atoms with Gasteiger partial charge in [-0.05, 0) is 44.2 Å². The Labute approximate surface area is 159 Å². The quantitative estimate of drug-likeness (QED) is 0.593. The topological polar surface area (TPSA) is 79.5 Å². The highest BCUT2D eigenvalue weighted by Gasteiger charge is 2.09. The molecule has 0 fully saturated rings. The Balaban J connectivity index is 1.90. The van der Waals surface area contributed by atoms with Crippen LogP contribution in [0.2, 0.25) is 0 Å². The molecule has 0 heterocycles. The summed E-state index contributed by atoms with van der Waals surface area (Å²) < 4.78 is 5.46. The highest BCUT2D eigenvalue weighted by molar-refractivity contribution is 5.98. The molecule has 6 heteroatoms. The molecule has 2 aromatic rings. The molecule has 2 rings (SSSR count). The van der Waals surface area contributed by atoms with E-state index in [-0.39, 0.29) is 24.4 Å². The van der Waals surface area contributed by atoms with Crippen molar-refractivity contribution in [3.63, 3.8) is 0 Å². The van der Waals surface area contributed by atoms with Crippen LogP contribution in [0.1, 0.15) is 24.2 Å². The molecular formula is C21H25N3O3. The second kappa shape index (κ2) is 10.0. The molecule has 0 radical (unpaired) electrons. The highest BCUT2D eigenvalue weighted by Crippen LogP contribution is 2.17. The summed E-state index contributed by atoms with van der Waals surface area (Å²) >= 11 is 0. The molecule has 0 aliphatic heterocycles. The van der Waals surface area contributed by atoms with Crippen LogP contribution in [0.15, 0.2) is 61.2 Å². The zero-order valence-corrected chi connectivity index (χ0v) is 15.6. The fourth-order valence-electron chi connectivity index (χ4n) is 2.32. The van der Waals surface area contributed by atoms with Gasteiger partial charge >= 0.3 is 0 Å². The van der Waals surface area contributed by atoms with Crippen molar-refractivity contribution in [2.24, 2.45) is 0 Å². The smallest absolute Gasteiger partial charge is 0.251 e. The molecule has 0 bridgehead atoms. The Morgan fingerprint density at radius 3 is 2.59 bits per heavy atom. The third kappa shape index (κ3) is 6.86. The van der Waals surface area contributed by atoms with Crippen molar-refractivity contribution >= 4 is 23.2 Å². The maximum absolute atomic E-state index is 12.2. The molecule has 0 spiro atoms. The van der Waals surface area contributed by atoms with Gasteiger partial charge in [-0.15, -0.1) is 0 Å². The number of nitrogens with one attached hydrogen (secondary N) is 3. The molecule has 27 heavy (non-hydrogen) atoms. The lowest BCUT2D eigenvalue weighted by Gasteiger charge is -2.11. The fraction of sp³-hybridized carbons (Fsp3) is 0.238. The van der Waals surface area contributed by atoms with E-state index in [1.54, 1.807) is 30.3 Å². The third-order valence-electron chi connectivity index (χ3n) is 3.48. The van der Waals surface area contributed by atoms with Crippen molar-refractivity contribution in [2.45, 2.75) is 19.9 Å². The molecule has 142 valence electrons. The summed E-state index contributed by atoms with van der Waals surface area (Å²) in [4.78, 5) is 24.2. The molecule has 3 N–H and O–H groups in total. The van der Waals surface area contributed by atoms with Gasteiger partial charge in [-0.2, -0.15) is 0 Å². The lowest BCUT2D eigenvalue weighted by Crippen LogP contribution is -2.30. The van der Waals surface area contributed by atoms with Gasteiger partial charge < -0.3 is 20.7 Å². The predicted octanol–water partition coefficient (Wildman–Crippen LogP) is 3.44. The normalized spacial score (nSPS) is 10.2. The number of carbonyl (C=O) groups excluding carboxylic acids is 2. The minimum atomic E-state index is -0.214. The predicted molar refractivity (Wildman–Crippen MR) is 108 cm³/mol. The minimum Gasteiger partial charge on any atom is -0.489 e. The van der Waals surface area contributed by atoms with Crippen LogP contribution < -0.4 is 20.7 Å². The van der Waals surface area contributed by atoms with E-state index in [4.69, 9.17) is 4.74 Å². The number of benzene rings is 2. The largest absolute Gasteiger partial charge is 0.489 e. The zero-order valence-electron chi connectivity index (χ0n) is 15.6. The van der Waals surface area contributed by atoms with Gasteiger partial charge in [0.15, 0.2) is 0 Å². The SMILES string of the molecule is C=CCOc1cccc(NCC(=O)Nc2cccc(C(=O)NC(C)C)c2)c1. The first-order valence-electron chi connectivity index (χ1n) is 8.76. The first-order valence-corrected chi connectivity index (χ1v) is 8.76. The Morgan fingerprint density at radius 2 is 1.85 bits per heavy atom. The molecule has 2 amide bonds. The summed E-state index contributed by atoms with van der Waals surface area (Å²) in [6.07, 6.45) is 1.67. The monoisotopic (exact) mass is 367 g/mol. The second-order valence-corrected chi connectivity index (χ2v) is 6.24. The third-order valence-corrected chi connectivity index (χ3v) is 3.48. The van der Waals surface area contributed by atoms with E-state index in [1.165, 1.54) is 0 Å². The molecule has 6 nitrogen and oxygen atoms in total. The van der Waals surface area contributed by atoms with Crippen molar-refractivity contribution in [3.8, 4) is 5.75 Å². The van der Waals surface area contributed by atoms with Crippen molar-refractivity contribution in [1.29, 1.82) is 0 Å². The van der Waals surface area contributed by atoms with Crippen molar-refractivity contribution in [1.82, 2.24) is 5.32 Å². The number of hydrogen-bond acceptors (Lipinski definition) is 4. The first-order chi connectivity index (χ1) is 13.0. The molecule has 0 aliphatic carbocycles. The van der Waals surface area contributed by atoms with E-state index in [0.29, 0.717) is 23.6 Å². The molecule has 0 saturated heterocycles. The van der Waals surface area contributed by atoms with Crippen LogP contribution in [0, 0.1) is 0 Å². The van der Waals surface area contributed by atoms with Crippen LogP contribution in [0.5, 0.6) is 5.75 Å². The molecule has 0 unspecified atom stereocenters. The molecule has 0 atom stereocenters. The van der Waals surface area contributed by atoms with Crippen LogP contribution in [0.4, 0.5) is 11.4 Å². The second-order valence-electron chi connectivity index (χ2n) is 6.24. The van der Waals surface area contributed by atoms with E-state index >= 15 is 0 Å². The van der Waals surface area contributed by atoms with E-state index in [9.17, 15) is 9.59 Å². The minimum absolute atomic E-state index is 0.0474. The van der Waals surface area contributed by atoms with Crippen LogP contribution in [0.3, 0.4) is 0 Å². The molecule has 2 aromatic carbocycles. The van der Waals surface area contributed by atoms with Gasteiger partial charge in [0.1, 0.15) is 12.4 Å². The van der Waals surface area contributed by atoms with E-state index in [2.05, 4.69) is 22.5 Å². The van der Waals surface area contributed by atoms with Crippen molar-refractivity contribution in [3.05, 3.63) is 66.7 Å². The average molecular weight is 367 g/mol. The molecule has 0 aliphatic rings.